The first-order valence-corrected chi connectivity index (χ1v) is 7.94. The van der Waals surface area contributed by atoms with Gasteiger partial charge in [0.15, 0.2) is 5.96 Å². The Morgan fingerprint density at radius 3 is 2.64 bits per heavy atom. The third-order valence-corrected chi connectivity index (χ3v) is 4.85. The molecular weight excluding hydrogens is 288 g/mol. The number of hydrogen-bond donors (Lipinski definition) is 1. The number of halogens is 2. The average molecular weight is 311 g/mol. The van der Waals surface area contributed by atoms with Crippen molar-refractivity contribution in [3.63, 3.8) is 0 Å². The van der Waals surface area contributed by atoms with E-state index in [2.05, 4.69) is 20.2 Å². The van der Waals surface area contributed by atoms with Gasteiger partial charge in [0.2, 0.25) is 0 Å². The van der Waals surface area contributed by atoms with Gasteiger partial charge in [0.1, 0.15) is 5.82 Å². The van der Waals surface area contributed by atoms with Crippen LogP contribution in [0.1, 0.15) is 38.1 Å². The Morgan fingerprint density at radius 1 is 1.36 bits per heavy atom. The summed E-state index contributed by atoms with van der Waals surface area (Å²) in [5, 5.41) is 3.18. The highest BCUT2D eigenvalue weighted by atomic mass is 19.3. The van der Waals surface area contributed by atoms with Crippen LogP contribution in [-0.2, 0) is 6.54 Å². The number of alkyl halides is 2. The van der Waals surface area contributed by atoms with E-state index in [0.717, 1.165) is 35.5 Å². The van der Waals surface area contributed by atoms with Crippen LogP contribution in [0.3, 0.4) is 0 Å². The Morgan fingerprint density at radius 2 is 2.05 bits per heavy atom. The number of fused-ring (bicyclic) bond motifs is 1. The van der Waals surface area contributed by atoms with Gasteiger partial charge in [0.25, 0.3) is 0 Å². The van der Waals surface area contributed by atoms with Gasteiger partial charge < -0.3 is 10.2 Å². The molecule has 1 saturated carbocycles. The molecule has 22 heavy (non-hydrogen) atoms. The molecule has 7 heteroatoms. The smallest absolute Gasteiger partial charge is 0.319 e. The fourth-order valence-corrected chi connectivity index (χ4v) is 3.73. The molecule has 0 spiro atoms. The molecule has 1 aromatic rings. The SMILES string of the molecule is CN=C(NCc1nccn1C(F)F)N1CC2CCCCC2C1. The first kappa shape index (κ1) is 15.2. The molecule has 1 aromatic heterocycles. The normalized spacial score (nSPS) is 25.6. The van der Waals surface area contributed by atoms with Gasteiger partial charge in [0, 0.05) is 32.5 Å². The average Bonchev–Trinajstić information content (AvgIpc) is 3.14. The Labute approximate surface area is 129 Å². The van der Waals surface area contributed by atoms with Gasteiger partial charge in [-0.3, -0.25) is 9.56 Å². The second kappa shape index (κ2) is 6.62. The molecule has 2 aliphatic rings. The molecule has 0 radical (unpaired) electrons. The fraction of sp³-hybridized carbons (Fsp3) is 0.733. The first-order chi connectivity index (χ1) is 10.7. The van der Waals surface area contributed by atoms with E-state index in [1.165, 1.54) is 38.1 Å². The summed E-state index contributed by atoms with van der Waals surface area (Å²) < 4.78 is 26.5. The third kappa shape index (κ3) is 3.08. The van der Waals surface area contributed by atoms with Crippen molar-refractivity contribution < 1.29 is 8.78 Å². The van der Waals surface area contributed by atoms with E-state index in [0.29, 0.717) is 5.82 Å². The molecular formula is C15H23F2N5. The van der Waals surface area contributed by atoms with Crippen LogP contribution in [0.25, 0.3) is 0 Å². The van der Waals surface area contributed by atoms with Crippen molar-refractivity contribution in [1.29, 1.82) is 0 Å². The summed E-state index contributed by atoms with van der Waals surface area (Å²) in [7, 11) is 1.74. The number of rotatable bonds is 3. The maximum atomic E-state index is 12.8. The number of hydrogen-bond acceptors (Lipinski definition) is 2. The highest BCUT2D eigenvalue weighted by Crippen LogP contribution is 2.35. The lowest BCUT2D eigenvalue weighted by molar-refractivity contribution is 0.0668. The minimum absolute atomic E-state index is 0.260. The van der Waals surface area contributed by atoms with Crippen molar-refractivity contribution in [2.75, 3.05) is 20.1 Å². The molecule has 2 fully saturated rings. The van der Waals surface area contributed by atoms with Gasteiger partial charge in [-0.2, -0.15) is 8.78 Å². The van der Waals surface area contributed by atoms with Crippen LogP contribution in [0, 0.1) is 11.8 Å². The highest BCUT2D eigenvalue weighted by molar-refractivity contribution is 5.80. The van der Waals surface area contributed by atoms with E-state index in [9.17, 15) is 8.78 Å². The fourth-order valence-electron chi connectivity index (χ4n) is 3.73. The summed E-state index contributed by atoms with van der Waals surface area (Å²) in [6.45, 7) is -0.257. The third-order valence-electron chi connectivity index (χ3n) is 4.85. The van der Waals surface area contributed by atoms with Crippen molar-refractivity contribution in [2.45, 2.75) is 38.8 Å². The highest BCUT2D eigenvalue weighted by Gasteiger charge is 2.35. The molecule has 1 aliphatic heterocycles. The minimum atomic E-state index is -2.56. The Hall–Kier alpha value is -1.66. The van der Waals surface area contributed by atoms with Crippen LogP contribution in [0.5, 0.6) is 0 Å². The molecule has 1 saturated heterocycles. The Kier molecular flexibility index (Phi) is 4.59. The summed E-state index contributed by atoms with van der Waals surface area (Å²) in [6, 6.07) is 0. The van der Waals surface area contributed by atoms with Crippen LogP contribution in [0.15, 0.2) is 17.4 Å². The van der Waals surface area contributed by atoms with E-state index in [1.807, 2.05) is 0 Å². The van der Waals surface area contributed by atoms with Crippen molar-refractivity contribution in [2.24, 2.45) is 16.8 Å². The second-order valence-corrected chi connectivity index (χ2v) is 6.14. The summed E-state index contributed by atoms with van der Waals surface area (Å²) in [6.07, 6.45) is 7.95. The van der Waals surface area contributed by atoms with Gasteiger partial charge in [-0.1, -0.05) is 12.8 Å². The molecule has 0 amide bonds. The number of guanidine groups is 1. The number of nitrogens with zero attached hydrogens (tertiary/aromatic N) is 4. The van der Waals surface area contributed by atoms with Crippen molar-refractivity contribution in [3.05, 3.63) is 18.2 Å². The van der Waals surface area contributed by atoms with Crippen LogP contribution in [0.2, 0.25) is 0 Å². The molecule has 2 atom stereocenters. The topological polar surface area (TPSA) is 45.5 Å². The molecule has 2 unspecified atom stereocenters. The zero-order valence-electron chi connectivity index (χ0n) is 12.9. The molecule has 0 aromatic carbocycles. The number of nitrogens with one attached hydrogen (secondary N) is 1. The standard InChI is InChI=1S/C15H23F2N5/c1-18-15(20-8-13-19-6-7-22(13)14(16)17)21-9-11-4-2-3-5-12(11)10-21/h6-7,11-12,14H,2-5,8-10H2,1H3,(H,18,20). The first-order valence-electron chi connectivity index (χ1n) is 7.94. The van der Waals surface area contributed by atoms with E-state index in [1.54, 1.807) is 7.05 Å². The molecule has 5 nitrogen and oxygen atoms in total. The maximum Gasteiger partial charge on any atom is 0.319 e. The zero-order chi connectivity index (χ0) is 15.5. The minimum Gasteiger partial charge on any atom is -0.349 e. The lowest BCUT2D eigenvalue weighted by Gasteiger charge is -2.22. The van der Waals surface area contributed by atoms with Crippen LogP contribution >= 0.6 is 0 Å². The van der Waals surface area contributed by atoms with E-state index >= 15 is 0 Å². The number of imidazole rings is 1. The van der Waals surface area contributed by atoms with Gasteiger partial charge in [-0.05, 0) is 24.7 Å². The molecule has 1 N–H and O–H groups in total. The predicted molar refractivity (Wildman–Crippen MR) is 80.7 cm³/mol. The lowest BCUT2D eigenvalue weighted by Crippen LogP contribution is -2.40. The van der Waals surface area contributed by atoms with Crippen molar-refractivity contribution >= 4 is 5.96 Å². The van der Waals surface area contributed by atoms with Crippen LogP contribution < -0.4 is 5.32 Å². The molecule has 1 aliphatic carbocycles. The number of aromatic nitrogens is 2. The molecule has 122 valence electrons. The van der Waals surface area contributed by atoms with E-state index in [4.69, 9.17) is 0 Å². The van der Waals surface area contributed by atoms with Gasteiger partial charge >= 0.3 is 6.55 Å². The van der Waals surface area contributed by atoms with Gasteiger partial charge in [0.05, 0.1) is 6.54 Å². The number of likely N-dealkylation sites (tertiary alicyclic amines) is 1. The molecule has 3 rings (SSSR count). The van der Waals surface area contributed by atoms with Gasteiger partial charge in [-0.15, -0.1) is 0 Å². The van der Waals surface area contributed by atoms with Gasteiger partial charge in [-0.25, -0.2) is 4.98 Å². The lowest BCUT2D eigenvalue weighted by atomic mass is 9.82. The monoisotopic (exact) mass is 311 g/mol. The van der Waals surface area contributed by atoms with E-state index < -0.39 is 6.55 Å². The predicted octanol–water partition coefficient (Wildman–Crippen LogP) is 2.48. The summed E-state index contributed by atoms with van der Waals surface area (Å²) in [5.41, 5.74) is 0. The molecule has 2 heterocycles. The van der Waals surface area contributed by atoms with Crippen LogP contribution in [0.4, 0.5) is 8.78 Å². The summed E-state index contributed by atoms with van der Waals surface area (Å²) >= 11 is 0. The number of aliphatic imine (C=N–C) groups is 1. The quantitative estimate of drug-likeness (QED) is 0.689. The summed E-state index contributed by atoms with van der Waals surface area (Å²) in [5.74, 6) is 2.64. The zero-order valence-corrected chi connectivity index (χ0v) is 12.9. The Balaban J connectivity index is 1.60. The van der Waals surface area contributed by atoms with Crippen molar-refractivity contribution in [1.82, 2.24) is 19.8 Å². The largest absolute Gasteiger partial charge is 0.349 e. The molecule has 0 bridgehead atoms. The van der Waals surface area contributed by atoms with Crippen LogP contribution in [-0.4, -0.2) is 40.5 Å². The maximum absolute atomic E-state index is 12.8. The summed E-state index contributed by atoms with van der Waals surface area (Å²) in [4.78, 5) is 10.6. The Bertz CT molecular complexity index is 514. The second-order valence-electron chi connectivity index (χ2n) is 6.14. The van der Waals surface area contributed by atoms with E-state index in [-0.39, 0.29) is 6.54 Å². The van der Waals surface area contributed by atoms with Crippen molar-refractivity contribution in [3.8, 4) is 0 Å².